The molecule has 0 aliphatic carbocycles. The minimum atomic E-state index is -0.157. The second-order valence-electron chi connectivity index (χ2n) is 4.17. The van der Waals surface area contributed by atoms with E-state index in [-0.39, 0.29) is 11.9 Å². The minimum Gasteiger partial charge on any atom is -0.497 e. The molecule has 0 aromatic heterocycles. The average molecular weight is 250 g/mol. The van der Waals surface area contributed by atoms with E-state index >= 15 is 0 Å². The minimum absolute atomic E-state index is 0.0446. The van der Waals surface area contributed by atoms with Crippen molar-refractivity contribution >= 4 is 5.91 Å². The molecular weight excluding hydrogens is 228 g/mol. The van der Waals surface area contributed by atoms with Gasteiger partial charge in [-0.05, 0) is 44.5 Å². The number of rotatable bonds is 7. The maximum Gasteiger partial charge on any atom is 0.236 e. The Morgan fingerprint density at radius 2 is 2.22 bits per heavy atom. The quantitative estimate of drug-likeness (QED) is 0.768. The van der Waals surface area contributed by atoms with Crippen molar-refractivity contribution in [3.63, 3.8) is 0 Å². The molecule has 1 aromatic carbocycles. The number of ether oxygens (including phenoxy) is 1. The van der Waals surface area contributed by atoms with E-state index in [1.807, 2.05) is 32.0 Å². The van der Waals surface area contributed by atoms with Gasteiger partial charge in [0, 0.05) is 6.54 Å². The SMILES string of the molecule is CCNC(=O)C(C)NCCc1cccc(OC)c1. The van der Waals surface area contributed by atoms with Gasteiger partial charge in [-0.25, -0.2) is 0 Å². The fourth-order valence-corrected chi connectivity index (χ4v) is 1.68. The molecular formula is C14H22N2O2. The van der Waals surface area contributed by atoms with Gasteiger partial charge in [-0.3, -0.25) is 4.79 Å². The van der Waals surface area contributed by atoms with Crippen molar-refractivity contribution in [1.82, 2.24) is 10.6 Å². The van der Waals surface area contributed by atoms with Crippen LogP contribution in [0, 0.1) is 0 Å². The van der Waals surface area contributed by atoms with Gasteiger partial charge in [0.05, 0.1) is 13.2 Å². The lowest BCUT2D eigenvalue weighted by Crippen LogP contribution is -2.42. The van der Waals surface area contributed by atoms with Crippen molar-refractivity contribution in [2.24, 2.45) is 0 Å². The van der Waals surface area contributed by atoms with Crippen molar-refractivity contribution < 1.29 is 9.53 Å². The van der Waals surface area contributed by atoms with Crippen molar-refractivity contribution in [1.29, 1.82) is 0 Å². The van der Waals surface area contributed by atoms with Crippen LogP contribution >= 0.6 is 0 Å². The van der Waals surface area contributed by atoms with Crippen molar-refractivity contribution in [3.05, 3.63) is 29.8 Å². The third-order valence-electron chi connectivity index (χ3n) is 2.74. The number of benzene rings is 1. The molecule has 0 saturated carbocycles. The van der Waals surface area contributed by atoms with Crippen molar-refractivity contribution in [2.75, 3.05) is 20.2 Å². The second-order valence-corrected chi connectivity index (χ2v) is 4.17. The van der Waals surface area contributed by atoms with Gasteiger partial charge in [-0.2, -0.15) is 0 Å². The first-order valence-corrected chi connectivity index (χ1v) is 6.31. The summed E-state index contributed by atoms with van der Waals surface area (Å²) in [5.74, 6) is 0.910. The zero-order valence-electron chi connectivity index (χ0n) is 11.3. The van der Waals surface area contributed by atoms with Crippen LogP contribution in [0.2, 0.25) is 0 Å². The van der Waals surface area contributed by atoms with Crippen LogP contribution in [0.25, 0.3) is 0 Å². The first-order valence-electron chi connectivity index (χ1n) is 6.31. The number of carbonyl (C=O) groups is 1. The molecule has 1 rings (SSSR count). The molecule has 0 aliphatic rings. The number of methoxy groups -OCH3 is 1. The fourth-order valence-electron chi connectivity index (χ4n) is 1.68. The Morgan fingerprint density at radius 1 is 1.44 bits per heavy atom. The Bertz CT molecular complexity index is 380. The lowest BCUT2D eigenvalue weighted by atomic mass is 10.1. The predicted octanol–water partition coefficient (Wildman–Crippen LogP) is 1.35. The highest BCUT2D eigenvalue weighted by Crippen LogP contribution is 2.12. The third kappa shape index (κ3) is 4.75. The Morgan fingerprint density at radius 3 is 2.89 bits per heavy atom. The fraction of sp³-hybridized carbons (Fsp3) is 0.500. The van der Waals surface area contributed by atoms with Crippen LogP contribution in [0.1, 0.15) is 19.4 Å². The molecule has 1 atom stereocenters. The van der Waals surface area contributed by atoms with Crippen LogP contribution in [0.3, 0.4) is 0 Å². The molecule has 0 spiro atoms. The van der Waals surface area contributed by atoms with Gasteiger partial charge in [0.15, 0.2) is 0 Å². The van der Waals surface area contributed by atoms with Crippen LogP contribution < -0.4 is 15.4 Å². The maximum absolute atomic E-state index is 11.5. The van der Waals surface area contributed by atoms with E-state index in [9.17, 15) is 4.79 Å². The summed E-state index contributed by atoms with van der Waals surface area (Å²) < 4.78 is 5.17. The topological polar surface area (TPSA) is 50.4 Å². The number of amides is 1. The van der Waals surface area contributed by atoms with Gasteiger partial charge in [0.1, 0.15) is 5.75 Å². The summed E-state index contributed by atoms with van der Waals surface area (Å²) >= 11 is 0. The summed E-state index contributed by atoms with van der Waals surface area (Å²) in [6.07, 6.45) is 0.876. The molecule has 1 aromatic rings. The van der Waals surface area contributed by atoms with Gasteiger partial charge >= 0.3 is 0 Å². The van der Waals surface area contributed by atoms with Crippen molar-refractivity contribution in [3.8, 4) is 5.75 Å². The number of hydrogen-bond acceptors (Lipinski definition) is 3. The van der Waals surface area contributed by atoms with Crippen molar-refractivity contribution in [2.45, 2.75) is 26.3 Å². The molecule has 0 heterocycles. The normalized spacial score (nSPS) is 11.9. The van der Waals surface area contributed by atoms with E-state index < -0.39 is 0 Å². The predicted molar refractivity (Wildman–Crippen MR) is 72.8 cm³/mol. The summed E-state index contributed by atoms with van der Waals surface area (Å²) in [5, 5.41) is 5.99. The van der Waals surface area contributed by atoms with Gasteiger partial charge in [0.25, 0.3) is 0 Å². The van der Waals surface area contributed by atoms with Gasteiger partial charge in [-0.1, -0.05) is 12.1 Å². The van der Waals surface area contributed by atoms with Gasteiger partial charge in [0.2, 0.25) is 5.91 Å². The number of hydrogen-bond donors (Lipinski definition) is 2. The third-order valence-corrected chi connectivity index (χ3v) is 2.74. The number of carbonyl (C=O) groups excluding carboxylic acids is 1. The van der Waals surface area contributed by atoms with E-state index in [4.69, 9.17) is 4.74 Å². The molecule has 0 fully saturated rings. The summed E-state index contributed by atoms with van der Waals surface area (Å²) in [6.45, 7) is 5.23. The zero-order valence-corrected chi connectivity index (χ0v) is 11.3. The molecule has 0 radical (unpaired) electrons. The Hall–Kier alpha value is -1.55. The largest absolute Gasteiger partial charge is 0.497 e. The number of likely N-dealkylation sites (N-methyl/N-ethyl adjacent to an activating group) is 1. The maximum atomic E-state index is 11.5. The molecule has 0 saturated heterocycles. The van der Waals surface area contributed by atoms with E-state index in [1.165, 1.54) is 5.56 Å². The first-order chi connectivity index (χ1) is 8.67. The Kier molecular flexibility index (Phi) is 6.22. The molecule has 1 amide bonds. The average Bonchev–Trinajstić information content (AvgIpc) is 2.39. The van der Waals surface area contributed by atoms with Gasteiger partial charge in [-0.15, -0.1) is 0 Å². The molecule has 4 heteroatoms. The second kappa shape index (κ2) is 7.71. The molecule has 1 unspecified atom stereocenters. The Balaban J connectivity index is 2.34. The van der Waals surface area contributed by atoms with Gasteiger partial charge < -0.3 is 15.4 Å². The highest BCUT2D eigenvalue weighted by Gasteiger charge is 2.09. The summed E-state index contributed by atoms with van der Waals surface area (Å²) in [4.78, 5) is 11.5. The lowest BCUT2D eigenvalue weighted by Gasteiger charge is -2.13. The molecule has 100 valence electrons. The molecule has 18 heavy (non-hydrogen) atoms. The Labute approximate surface area is 109 Å². The van der Waals surface area contributed by atoms with E-state index in [2.05, 4.69) is 16.7 Å². The number of nitrogens with one attached hydrogen (secondary N) is 2. The van der Waals surface area contributed by atoms with E-state index in [0.717, 1.165) is 18.7 Å². The molecule has 0 bridgehead atoms. The molecule has 0 aliphatic heterocycles. The standard InChI is InChI=1S/C14H22N2O2/c1-4-15-14(17)11(2)16-9-8-12-6-5-7-13(10-12)18-3/h5-7,10-11,16H,4,8-9H2,1-3H3,(H,15,17). The highest BCUT2D eigenvalue weighted by molar-refractivity contribution is 5.81. The first kappa shape index (κ1) is 14.5. The van der Waals surface area contributed by atoms with Crippen LogP contribution in [-0.2, 0) is 11.2 Å². The summed E-state index contributed by atoms with van der Waals surface area (Å²) in [7, 11) is 1.66. The monoisotopic (exact) mass is 250 g/mol. The van der Waals surface area contributed by atoms with Crippen LogP contribution in [0.5, 0.6) is 5.75 Å². The summed E-state index contributed by atoms with van der Waals surface area (Å²) in [6, 6.07) is 7.81. The smallest absolute Gasteiger partial charge is 0.236 e. The molecule has 4 nitrogen and oxygen atoms in total. The lowest BCUT2D eigenvalue weighted by molar-refractivity contribution is -0.122. The van der Waals surface area contributed by atoms with E-state index in [0.29, 0.717) is 6.54 Å². The molecule has 2 N–H and O–H groups in total. The van der Waals surface area contributed by atoms with Crippen LogP contribution in [-0.4, -0.2) is 32.1 Å². The van der Waals surface area contributed by atoms with Crippen LogP contribution in [0.15, 0.2) is 24.3 Å². The zero-order chi connectivity index (χ0) is 13.4. The highest BCUT2D eigenvalue weighted by atomic mass is 16.5. The van der Waals surface area contributed by atoms with Crippen LogP contribution in [0.4, 0.5) is 0 Å². The van der Waals surface area contributed by atoms with E-state index in [1.54, 1.807) is 7.11 Å². The summed E-state index contributed by atoms with van der Waals surface area (Å²) in [5.41, 5.74) is 1.20.